The Balaban J connectivity index is 1.77. The molecule has 1 amide bonds. The van der Waals surface area contributed by atoms with Gasteiger partial charge in [-0.05, 0) is 42.5 Å². The van der Waals surface area contributed by atoms with Crippen molar-refractivity contribution in [2.75, 3.05) is 25.5 Å². The molecule has 1 saturated heterocycles. The molecule has 3 N–H and O–H groups in total. The van der Waals surface area contributed by atoms with Gasteiger partial charge in [-0.25, -0.2) is 0 Å². The molecule has 2 rings (SSSR count). The smallest absolute Gasteiger partial charge is 0.244 e. The number of ether oxygens (including phenoxy) is 1. The lowest BCUT2D eigenvalue weighted by Gasteiger charge is -2.21. The molecular formula is C15H20N2O2. The van der Waals surface area contributed by atoms with Crippen LogP contribution in [0.1, 0.15) is 18.4 Å². The molecule has 0 radical (unpaired) electrons. The predicted molar refractivity (Wildman–Crippen MR) is 76.4 cm³/mol. The lowest BCUT2D eigenvalue weighted by molar-refractivity contribution is -0.116. The third-order valence-electron chi connectivity index (χ3n) is 3.24. The van der Waals surface area contributed by atoms with Crippen LogP contribution in [0.25, 0.3) is 6.08 Å². The minimum absolute atomic E-state index is 0.0612. The normalized spacial score (nSPS) is 16.6. The van der Waals surface area contributed by atoms with Crippen LogP contribution in [0.15, 0.2) is 30.3 Å². The average Bonchev–Trinajstić information content (AvgIpc) is 2.44. The molecule has 1 heterocycles. The number of carbonyl (C=O) groups is 1. The van der Waals surface area contributed by atoms with Crippen LogP contribution in [0.3, 0.4) is 0 Å². The van der Waals surface area contributed by atoms with Gasteiger partial charge in [0.05, 0.1) is 0 Å². The highest BCUT2D eigenvalue weighted by Crippen LogP contribution is 2.13. The molecule has 0 spiro atoms. The van der Waals surface area contributed by atoms with E-state index in [0.29, 0.717) is 11.6 Å². The Hall–Kier alpha value is -1.81. The van der Waals surface area contributed by atoms with Crippen molar-refractivity contribution < 1.29 is 9.53 Å². The van der Waals surface area contributed by atoms with Crippen LogP contribution in [-0.4, -0.2) is 25.7 Å². The second-order valence-corrected chi connectivity index (χ2v) is 4.80. The van der Waals surface area contributed by atoms with Gasteiger partial charge in [-0.2, -0.15) is 0 Å². The Bertz CT molecular complexity index is 451. The SMILES string of the molecule is Nc1cccc(/C=C/C(=O)NCC2CCOCC2)c1. The van der Waals surface area contributed by atoms with Crippen LogP contribution in [0.2, 0.25) is 0 Å². The summed E-state index contributed by atoms with van der Waals surface area (Å²) < 4.78 is 5.28. The van der Waals surface area contributed by atoms with E-state index in [4.69, 9.17) is 10.5 Å². The monoisotopic (exact) mass is 260 g/mol. The number of carbonyl (C=O) groups excluding carboxylic acids is 1. The zero-order chi connectivity index (χ0) is 13.5. The van der Waals surface area contributed by atoms with Gasteiger partial charge < -0.3 is 15.8 Å². The summed E-state index contributed by atoms with van der Waals surface area (Å²) in [6, 6.07) is 7.44. The van der Waals surface area contributed by atoms with Crippen LogP contribution in [0.4, 0.5) is 5.69 Å². The fourth-order valence-electron chi connectivity index (χ4n) is 2.09. The predicted octanol–water partition coefficient (Wildman–Crippen LogP) is 1.82. The number of nitrogens with two attached hydrogens (primary N) is 1. The largest absolute Gasteiger partial charge is 0.399 e. The van der Waals surface area contributed by atoms with E-state index in [1.807, 2.05) is 24.3 Å². The lowest BCUT2D eigenvalue weighted by Crippen LogP contribution is -2.31. The first-order valence-corrected chi connectivity index (χ1v) is 6.63. The summed E-state index contributed by atoms with van der Waals surface area (Å²) in [5, 5.41) is 2.92. The Labute approximate surface area is 113 Å². The van der Waals surface area contributed by atoms with E-state index in [0.717, 1.165) is 38.2 Å². The van der Waals surface area contributed by atoms with Gasteiger partial charge >= 0.3 is 0 Å². The fraction of sp³-hybridized carbons (Fsp3) is 0.400. The highest BCUT2D eigenvalue weighted by atomic mass is 16.5. The van der Waals surface area contributed by atoms with Gasteiger partial charge in [-0.15, -0.1) is 0 Å². The molecule has 0 bridgehead atoms. The molecular weight excluding hydrogens is 240 g/mol. The van der Waals surface area contributed by atoms with Crippen molar-refractivity contribution in [1.29, 1.82) is 0 Å². The van der Waals surface area contributed by atoms with Gasteiger partial charge in [0.2, 0.25) is 5.91 Å². The van der Waals surface area contributed by atoms with E-state index in [2.05, 4.69) is 5.32 Å². The van der Waals surface area contributed by atoms with Crippen molar-refractivity contribution in [2.45, 2.75) is 12.8 Å². The Morgan fingerprint density at radius 1 is 1.42 bits per heavy atom. The van der Waals surface area contributed by atoms with Gasteiger partial charge in [0, 0.05) is 31.5 Å². The van der Waals surface area contributed by atoms with Crippen molar-refractivity contribution in [3.05, 3.63) is 35.9 Å². The maximum Gasteiger partial charge on any atom is 0.244 e. The van der Waals surface area contributed by atoms with Crippen molar-refractivity contribution in [1.82, 2.24) is 5.32 Å². The standard InChI is InChI=1S/C15H20N2O2/c16-14-3-1-2-12(10-14)4-5-15(18)17-11-13-6-8-19-9-7-13/h1-5,10,13H,6-9,11,16H2,(H,17,18)/b5-4+. The number of benzene rings is 1. The highest BCUT2D eigenvalue weighted by Gasteiger charge is 2.13. The molecule has 102 valence electrons. The zero-order valence-corrected chi connectivity index (χ0v) is 11.0. The topological polar surface area (TPSA) is 64.4 Å². The number of nitrogens with one attached hydrogen (secondary N) is 1. The molecule has 0 aromatic heterocycles. The summed E-state index contributed by atoms with van der Waals surface area (Å²) in [6.45, 7) is 2.34. The molecule has 1 aliphatic rings. The van der Waals surface area contributed by atoms with Gasteiger partial charge in [-0.3, -0.25) is 4.79 Å². The fourth-order valence-corrected chi connectivity index (χ4v) is 2.09. The van der Waals surface area contributed by atoms with Crippen molar-refractivity contribution >= 4 is 17.7 Å². The quantitative estimate of drug-likeness (QED) is 0.641. The first-order valence-electron chi connectivity index (χ1n) is 6.63. The molecule has 4 heteroatoms. The van der Waals surface area contributed by atoms with E-state index in [1.54, 1.807) is 12.2 Å². The van der Waals surface area contributed by atoms with Gasteiger partial charge in [0.15, 0.2) is 0 Å². The molecule has 1 aliphatic heterocycles. The minimum atomic E-state index is -0.0612. The molecule has 0 aliphatic carbocycles. The van der Waals surface area contributed by atoms with E-state index < -0.39 is 0 Å². The van der Waals surface area contributed by atoms with Crippen LogP contribution >= 0.6 is 0 Å². The molecule has 19 heavy (non-hydrogen) atoms. The van der Waals surface area contributed by atoms with Crippen LogP contribution < -0.4 is 11.1 Å². The van der Waals surface area contributed by atoms with Gasteiger partial charge in [0.25, 0.3) is 0 Å². The number of rotatable bonds is 4. The van der Waals surface area contributed by atoms with Crippen molar-refractivity contribution in [3.63, 3.8) is 0 Å². The molecule has 0 saturated carbocycles. The number of amides is 1. The molecule has 1 aromatic rings. The van der Waals surface area contributed by atoms with Crippen LogP contribution in [0.5, 0.6) is 0 Å². The summed E-state index contributed by atoms with van der Waals surface area (Å²) in [4.78, 5) is 11.7. The third kappa shape index (κ3) is 4.75. The van der Waals surface area contributed by atoms with E-state index in [-0.39, 0.29) is 5.91 Å². The molecule has 4 nitrogen and oxygen atoms in total. The molecule has 0 atom stereocenters. The van der Waals surface area contributed by atoms with E-state index in [9.17, 15) is 4.79 Å². The van der Waals surface area contributed by atoms with Crippen molar-refractivity contribution in [3.8, 4) is 0 Å². The Kier molecular flexibility index (Phi) is 4.98. The second-order valence-electron chi connectivity index (χ2n) is 4.80. The van der Waals surface area contributed by atoms with Crippen LogP contribution in [-0.2, 0) is 9.53 Å². The van der Waals surface area contributed by atoms with Crippen LogP contribution in [0, 0.1) is 5.92 Å². The third-order valence-corrected chi connectivity index (χ3v) is 3.24. The summed E-state index contributed by atoms with van der Waals surface area (Å²) in [5.74, 6) is 0.479. The summed E-state index contributed by atoms with van der Waals surface area (Å²) in [5.41, 5.74) is 7.31. The molecule has 0 unspecified atom stereocenters. The van der Waals surface area contributed by atoms with Crippen molar-refractivity contribution in [2.24, 2.45) is 5.92 Å². The summed E-state index contributed by atoms with van der Waals surface area (Å²) >= 11 is 0. The maximum absolute atomic E-state index is 11.7. The summed E-state index contributed by atoms with van der Waals surface area (Å²) in [7, 11) is 0. The molecule has 1 aromatic carbocycles. The first kappa shape index (κ1) is 13.6. The Morgan fingerprint density at radius 3 is 2.95 bits per heavy atom. The Morgan fingerprint density at radius 2 is 2.21 bits per heavy atom. The van der Waals surface area contributed by atoms with E-state index >= 15 is 0 Å². The number of anilines is 1. The minimum Gasteiger partial charge on any atom is -0.399 e. The first-order chi connectivity index (χ1) is 9.24. The van der Waals surface area contributed by atoms with Gasteiger partial charge in [-0.1, -0.05) is 12.1 Å². The van der Waals surface area contributed by atoms with Gasteiger partial charge in [0.1, 0.15) is 0 Å². The summed E-state index contributed by atoms with van der Waals surface area (Å²) in [6.07, 6.45) is 5.38. The lowest BCUT2D eigenvalue weighted by atomic mass is 10.0. The second kappa shape index (κ2) is 6.95. The highest BCUT2D eigenvalue weighted by molar-refractivity contribution is 5.91. The number of nitrogen functional groups attached to an aromatic ring is 1. The number of hydrogen-bond donors (Lipinski definition) is 2. The maximum atomic E-state index is 11.7. The average molecular weight is 260 g/mol. The zero-order valence-electron chi connectivity index (χ0n) is 11.0. The molecule has 1 fully saturated rings. The van der Waals surface area contributed by atoms with E-state index in [1.165, 1.54) is 0 Å². The number of hydrogen-bond acceptors (Lipinski definition) is 3.